The van der Waals surface area contributed by atoms with Gasteiger partial charge in [0.25, 0.3) is 11.8 Å². The van der Waals surface area contributed by atoms with E-state index in [1.165, 1.54) is 16.9 Å². The molecule has 2 amide bonds. The number of aromatic nitrogens is 3. The van der Waals surface area contributed by atoms with Crippen molar-refractivity contribution in [2.45, 2.75) is 46.2 Å². The Morgan fingerprint density at radius 1 is 1.32 bits per heavy atom. The topological polar surface area (TPSA) is 80.1 Å². The molecule has 0 saturated heterocycles. The van der Waals surface area contributed by atoms with Gasteiger partial charge in [-0.25, -0.2) is 0 Å². The Morgan fingerprint density at radius 3 is 2.90 bits per heavy atom. The fourth-order valence-corrected chi connectivity index (χ4v) is 4.70. The maximum absolute atomic E-state index is 13.1. The highest BCUT2D eigenvalue weighted by atomic mass is 32.1. The molecule has 4 rings (SSSR count). The first-order chi connectivity index (χ1) is 15.0. The van der Waals surface area contributed by atoms with Crippen LogP contribution in [-0.4, -0.2) is 38.0 Å². The Morgan fingerprint density at radius 2 is 2.16 bits per heavy atom. The number of amides is 2. The number of fused-ring (bicyclic) bond motifs is 1. The highest BCUT2D eigenvalue weighted by Crippen LogP contribution is 2.25. The van der Waals surface area contributed by atoms with Crippen molar-refractivity contribution in [1.82, 2.24) is 25.0 Å². The zero-order valence-electron chi connectivity index (χ0n) is 18.1. The van der Waals surface area contributed by atoms with Gasteiger partial charge in [0, 0.05) is 49.5 Å². The summed E-state index contributed by atoms with van der Waals surface area (Å²) >= 11 is 1.50. The summed E-state index contributed by atoms with van der Waals surface area (Å²) in [5.74, 6) is -0.0825. The molecule has 7 nitrogen and oxygen atoms in total. The van der Waals surface area contributed by atoms with Crippen LogP contribution in [0.25, 0.3) is 0 Å². The van der Waals surface area contributed by atoms with Crippen molar-refractivity contribution in [3.05, 3.63) is 68.4 Å². The molecule has 162 valence electrons. The first-order valence-electron chi connectivity index (χ1n) is 10.6. The summed E-state index contributed by atoms with van der Waals surface area (Å²) in [5.41, 5.74) is 6.46. The molecule has 3 aromatic rings. The van der Waals surface area contributed by atoms with Gasteiger partial charge in [0.1, 0.15) is 5.69 Å². The predicted octanol–water partition coefficient (Wildman–Crippen LogP) is 3.27. The number of aryl methyl sites for hydroxylation is 3. The maximum atomic E-state index is 13.1. The van der Waals surface area contributed by atoms with E-state index >= 15 is 0 Å². The van der Waals surface area contributed by atoms with Crippen molar-refractivity contribution < 1.29 is 9.59 Å². The van der Waals surface area contributed by atoms with Crippen molar-refractivity contribution in [2.75, 3.05) is 6.54 Å². The van der Waals surface area contributed by atoms with E-state index in [9.17, 15) is 9.59 Å². The van der Waals surface area contributed by atoms with E-state index in [1.807, 2.05) is 48.0 Å². The summed E-state index contributed by atoms with van der Waals surface area (Å²) in [7, 11) is 1.82. The second kappa shape index (κ2) is 9.01. The average Bonchev–Trinajstić information content (AvgIpc) is 3.42. The molecule has 0 radical (unpaired) electrons. The quantitative estimate of drug-likeness (QED) is 0.642. The van der Waals surface area contributed by atoms with E-state index in [0.717, 1.165) is 41.8 Å². The normalized spacial score (nSPS) is 13.2. The number of nitrogens with one attached hydrogen (secondary N) is 1. The van der Waals surface area contributed by atoms with Crippen LogP contribution in [0.4, 0.5) is 0 Å². The van der Waals surface area contributed by atoms with Gasteiger partial charge in [0.2, 0.25) is 0 Å². The Kier molecular flexibility index (Phi) is 6.18. The van der Waals surface area contributed by atoms with Crippen LogP contribution in [0.15, 0.2) is 29.1 Å². The second-order valence-corrected chi connectivity index (χ2v) is 8.67. The largest absolute Gasteiger partial charge is 0.348 e. The first-order valence-corrected chi connectivity index (χ1v) is 11.5. The Balaban J connectivity index is 1.50. The first kappa shape index (κ1) is 21.2. The minimum Gasteiger partial charge on any atom is -0.348 e. The third-order valence-electron chi connectivity index (χ3n) is 5.75. The number of thiophene rings is 1. The number of pyridine rings is 1. The van der Waals surface area contributed by atoms with Crippen molar-refractivity contribution in [2.24, 2.45) is 7.05 Å². The van der Waals surface area contributed by atoms with Crippen LogP contribution in [-0.2, 0) is 33.0 Å². The van der Waals surface area contributed by atoms with Crippen LogP contribution in [0.5, 0.6) is 0 Å². The Labute approximate surface area is 186 Å². The zero-order valence-corrected chi connectivity index (χ0v) is 19.0. The molecule has 31 heavy (non-hydrogen) atoms. The molecule has 0 bridgehead atoms. The molecule has 8 heteroatoms. The average molecular weight is 438 g/mol. The van der Waals surface area contributed by atoms with E-state index in [-0.39, 0.29) is 11.8 Å². The van der Waals surface area contributed by atoms with E-state index in [2.05, 4.69) is 22.3 Å². The van der Waals surface area contributed by atoms with Gasteiger partial charge < -0.3 is 10.2 Å². The number of nitrogens with zero attached hydrogens (tertiary/aromatic N) is 4. The molecule has 0 atom stereocenters. The van der Waals surface area contributed by atoms with Crippen molar-refractivity contribution in [3.63, 3.8) is 0 Å². The highest BCUT2D eigenvalue weighted by molar-refractivity contribution is 7.08. The third-order valence-corrected chi connectivity index (χ3v) is 6.43. The molecule has 0 fully saturated rings. The molecule has 3 aromatic heterocycles. The molecular weight excluding hydrogens is 410 g/mol. The summed E-state index contributed by atoms with van der Waals surface area (Å²) in [6, 6.07) is 3.72. The van der Waals surface area contributed by atoms with Crippen molar-refractivity contribution in [1.29, 1.82) is 0 Å². The van der Waals surface area contributed by atoms with Crippen LogP contribution in [0.1, 0.15) is 62.3 Å². The molecule has 1 aliphatic heterocycles. The number of carbonyl (C=O) groups excluding carboxylic acids is 2. The minimum absolute atomic E-state index is 0.00381. The van der Waals surface area contributed by atoms with Crippen LogP contribution in [0.3, 0.4) is 0 Å². The predicted molar refractivity (Wildman–Crippen MR) is 120 cm³/mol. The summed E-state index contributed by atoms with van der Waals surface area (Å²) in [6.45, 7) is 5.66. The van der Waals surface area contributed by atoms with E-state index in [0.29, 0.717) is 30.9 Å². The van der Waals surface area contributed by atoms with Crippen LogP contribution >= 0.6 is 11.3 Å². The van der Waals surface area contributed by atoms with Gasteiger partial charge in [-0.2, -0.15) is 16.4 Å². The van der Waals surface area contributed by atoms with Gasteiger partial charge in [-0.3, -0.25) is 19.3 Å². The fraction of sp³-hybridized carbons (Fsp3) is 0.391. The van der Waals surface area contributed by atoms with Gasteiger partial charge in [0.15, 0.2) is 0 Å². The van der Waals surface area contributed by atoms with Gasteiger partial charge in [-0.05, 0) is 54.0 Å². The minimum atomic E-state index is -0.0787. The van der Waals surface area contributed by atoms with Crippen LogP contribution < -0.4 is 5.32 Å². The lowest BCUT2D eigenvalue weighted by Gasteiger charge is -2.30. The van der Waals surface area contributed by atoms with Gasteiger partial charge in [0.05, 0.1) is 5.69 Å². The summed E-state index contributed by atoms with van der Waals surface area (Å²) in [6.07, 6.45) is 4.47. The lowest BCUT2D eigenvalue weighted by molar-refractivity contribution is 0.0723. The molecular formula is C23H27N5O2S. The Bertz CT molecular complexity index is 1100. The summed E-state index contributed by atoms with van der Waals surface area (Å²) in [4.78, 5) is 31.9. The van der Waals surface area contributed by atoms with Crippen LogP contribution in [0, 0.1) is 6.92 Å². The Hall–Kier alpha value is -3.00. The zero-order chi connectivity index (χ0) is 22.0. The fourth-order valence-electron chi connectivity index (χ4n) is 4.06. The van der Waals surface area contributed by atoms with Gasteiger partial charge >= 0.3 is 0 Å². The van der Waals surface area contributed by atoms with Gasteiger partial charge in [-0.1, -0.05) is 13.3 Å². The standard InChI is InChI=1S/C23H27N5O2S/c1-4-5-18-10-21(27(3)26-18)23(30)28-8-6-19-17(13-28)11-24-15(2)20(19)12-25-22(29)16-7-9-31-14-16/h7,9-11,14H,4-6,8,12-13H2,1-3H3,(H,25,29). The molecule has 0 spiro atoms. The van der Waals surface area contributed by atoms with Crippen LogP contribution in [0.2, 0.25) is 0 Å². The molecule has 1 N–H and O–H groups in total. The van der Waals surface area contributed by atoms with Crippen molar-refractivity contribution in [3.8, 4) is 0 Å². The maximum Gasteiger partial charge on any atom is 0.272 e. The number of carbonyl (C=O) groups is 2. The summed E-state index contributed by atoms with van der Waals surface area (Å²) in [5, 5.41) is 11.2. The smallest absolute Gasteiger partial charge is 0.272 e. The molecule has 1 aliphatic rings. The van der Waals surface area contributed by atoms with Crippen molar-refractivity contribution >= 4 is 23.2 Å². The molecule has 4 heterocycles. The monoisotopic (exact) mass is 437 g/mol. The molecule has 0 aliphatic carbocycles. The SMILES string of the molecule is CCCc1cc(C(=O)N2CCc3c(cnc(C)c3CNC(=O)c3ccsc3)C2)n(C)n1. The second-order valence-electron chi connectivity index (χ2n) is 7.89. The number of hydrogen-bond acceptors (Lipinski definition) is 5. The van der Waals surface area contributed by atoms with E-state index in [4.69, 9.17) is 0 Å². The highest BCUT2D eigenvalue weighted by Gasteiger charge is 2.26. The lowest BCUT2D eigenvalue weighted by atomic mass is 9.94. The number of rotatable bonds is 6. The van der Waals surface area contributed by atoms with E-state index in [1.54, 1.807) is 4.68 Å². The molecule has 0 saturated carbocycles. The lowest BCUT2D eigenvalue weighted by Crippen LogP contribution is -2.38. The molecule has 0 unspecified atom stereocenters. The number of hydrogen-bond donors (Lipinski definition) is 1. The summed E-state index contributed by atoms with van der Waals surface area (Å²) < 4.78 is 1.68. The van der Waals surface area contributed by atoms with E-state index < -0.39 is 0 Å². The third kappa shape index (κ3) is 4.39. The molecule has 0 aromatic carbocycles. The van der Waals surface area contributed by atoms with Gasteiger partial charge in [-0.15, -0.1) is 0 Å².